The van der Waals surface area contributed by atoms with Crippen molar-refractivity contribution >= 4 is 0 Å². The van der Waals surface area contributed by atoms with Crippen molar-refractivity contribution in [2.45, 2.75) is 19.7 Å². The Morgan fingerprint density at radius 2 is 1.52 bits per heavy atom. The molecule has 3 heteroatoms. The minimum absolute atomic E-state index is 0.595. The zero-order valence-corrected chi connectivity index (χ0v) is 13.0. The standard InChI is InChI=1S/C20H20N2O/c1-2-6-18(7-3-1)16-23-20-11-9-17(10-12-20)14-21-15-19-8-4-5-13-22-19/h1-13,21H,14-16H2. The van der Waals surface area contributed by atoms with E-state index in [0.29, 0.717) is 6.61 Å². The Labute approximate surface area is 137 Å². The van der Waals surface area contributed by atoms with Gasteiger partial charge < -0.3 is 10.1 Å². The van der Waals surface area contributed by atoms with E-state index >= 15 is 0 Å². The van der Waals surface area contributed by atoms with Crippen LogP contribution in [0.1, 0.15) is 16.8 Å². The van der Waals surface area contributed by atoms with Crippen molar-refractivity contribution < 1.29 is 4.74 Å². The van der Waals surface area contributed by atoms with Crippen molar-refractivity contribution in [3.05, 3.63) is 95.8 Å². The molecule has 0 bridgehead atoms. The molecule has 1 heterocycles. The predicted octanol–water partition coefficient (Wildman–Crippen LogP) is 3.95. The van der Waals surface area contributed by atoms with Gasteiger partial charge >= 0.3 is 0 Å². The topological polar surface area (TPSA) is 34.1 Å². The molecule has 0 saturated carbocycles. The van der Waals surface area contributed by atoms with E-state index in [1.807, 2.05) is 54.7 Å². The van der Waals surface area contributed by atoms with Crippen LogP contribution in [-0.2, 0) is 19.7 Å². The van der Waals surface area contributed by atoms with Crippen LogP contribution in [0.4, 0.5) is 0 Å². The summed E-state index contributed by atoms with van der Waals surface area (Å²) < 4.78 is 5.79. The largest absolute Gasteiger partial charge is 0.489 e. The number of pyridine rings is 1. The number of nitrogens with zero attached hydrogens (tertiary/aromatic N) is 1. The third kappa shape index (κ3) is 4.94. The Bertz CT molecular complexity index is 697. The van der Waals surface area contributed by atoms with E-state index in [1.54, 1.807) is 0 Å². The van der Waals surface area contributed by atoms with Gasteiger partial charge in [0.05, 0.1) is 5.69 Å². The fraction of sp³-hybridized carbons (Fsp3) is 0.150. The monoisotopic (exact) mass is 304 g/mol. The molecule has 0 spiro atoms. The van der Waals surface area contributed by atoms with Crippen molar-refractivity contribution in [2.24, 2.45) is 0 Å². The highest BCUT2D eigenvalue weighted by molar-refractivity contribution is 5.27. The van der Waals surface area contributed by atoms with Crippen LogP contribution in [0.2, 0.25) is 0 Å². The van der Waals surface area contributed by atoms with Crippen LogP contribution >= 0.6 is 0 Å². The van der Waals surface area contributed by atoms with Crippen LogP contribution in [0.15, 0.2) is 79.0 Å². The van der Waals surface area contributed by atoms with Gasteiger partial charge in [-0.1, -0.05) is 48.5 Å². The minimum atomic E-state index is 0.595. The van der Waals surface area contributed by atoms with E-state index in [9.17, 15) is 0 Å². The fourth-order valence-electron chi connectivity index (χ4n) is 2.28. The van der Waals surface area contributed by atoms with Gasteiger partial charge in [0, 0.05) is 19.3 Å². The van der Waals surface area contributed by atoms with E-state index < -0.39 is 0 Å². The highest BCUT2D eigenvalue weighted by Gasteiger charge is 1.98. The Kier molecular flexibility index (Phi) is 5.38. The first kappa shape index (κ1) is 15.3. The van der Waals surface area contributed by atoms with Gasteiger partial charge in [-0.15, -0.1) is 0 Å². The van der Waals surface area contributed by atoms with Gasteiger partial charge in [0.15, 0.2) is 0 Å². The molecule has 3 rings (SSSR count). The summed E-state index contributed by atoms with van der Waals surface area (Å²) in [4.78, 5) is 4.29. The number of nitrogens with one attached hydrogen (secondary N) is 1. The number of aromatic nitrogens is 1. The summed E-state index contributed by atoms with van der Waals surface area (Å²) in [5, 5.41) is 3.39. The van der Waals surface area contributed by atoms with Crippen molar-refractivity contribution in [1.29, 1.82) is 0 Å². The molecule has 0 unspecified atom stereocenters. The molecule has 0 fully saturated rings. The number of rotatable bonds is 7. The zero-order chi connectivity index (χ0) is 15.7. The Morgan fingerprint density at radius 1 is 0.739 bits per heavy atom. The van der Waals surface area contributed by atoms with E-state index in [1.165, 1.54) is 11.1 Å². The predicted molar refractivity (Wildman–Crippen MR) is 92.0 cm³/mol. The summed E-state index contributed by atoms with van der Waals surface area (Å²) in [6.07, 6.45) is 1.82. The molecule has 1 N–H and O–H groups in total. The zero-order valence-electron chi connectivity index (χ0n) is 13.0. The minimum Gasteiger partial charge on any atom is -0.489 e. The van der Waals surface area contributed by atoms with Crippen LogP contribution in [0.5, 0.6) is 5.75 Å². The van der Waals surface area contributed by atoms with Crippen molar-refractivity contribution in [3.8, 4) is 5.75 Å². The van der Waals surface area contributed by atoms with Crippen LogP contribution in [-0.4, -0.2) is 4.98 Å². The van der Waals surface area contributed by atoms with Crippen LogP contribution in [0, 0.1) is 0 Å². The molecule has 23 heavy (non-hydrogen) atoms. The number of hydrogen-bond acceptors (Lipinski definition) is 3. The van der Waals surface area contributed by atoms with Gasteiger partial charge in [-0.3, -0.25) is 4.98 Å². The SMILES string of the molecule is c1ccc(COc2ccc(CNCc3ccccn3)cc2)cc1. The number of ether oxygens (including phenoxy) is 1. The average Bonchev–Trinajstić information content (AvgIpc) is 2.63. The Morgan fingerprint density at radius 3 is 2.26 bits per heavy atom. The van der Waals surface area contributed by atoms with Gasteiger partial charge in [-0.25, -0.2) is 0 Å². The molecular formula is C20H20N2O. The summed E-state index contributed by atoms with van der Waals surface area (Å²) in [7, 11) is 0. The quantitative estimate of drug-likeness (QED) is 0.717. The second-order valence-corrected chi connectivity index (χ2v) is 5.34. The Hall–Kier alpha value is -2.65. The van der Waals surface area contributed by atoms with Gasteiger partial charge in [-0.2, -0.15) is 0 Å². The molecule has 0 aliphatic heterocycles. The summed E-state index contributed by atoms with van der Waals surface area (Å²) >= 11 is 0. The lowest BCUT2D eigenvalue weighted by atomic mass is 10.2. The summed E-state index contributed by atoms with van der Waals surface area (Å²) in [5.74, 6) is 0.891. The maximum atomic E-state index is 5.79. The molecule has 0 aliphatic rings. The molecule has 0 amide bonds. The highest BCUT2D eigenvalue weighted by Crippen LogP contribution is 2.14. The van der Waals surface area contributed by atoms with Crippen LogP contribution in [0.3, 0.4) is 0 Å². The molecular weight excluding hydrogens is 284 g/mol. The molecule has 2 aromatic carbocycles. The van der Waals surface area contributed by atoms with Crippen molar-refractivity contribution in [3.63, 3.8) is 0 Å². The average molecular weight is 304 g/mol. The smallest absolute Gasteiger partial charge is 0.119 e. The van der Waals surface area contributed by atoms with Crippen LogP contribution < -0.4 is 10.1 Å². The third-order valence-electron chi connectivity index (χ3n) is 3.53. The maximum absolute atomic E-state index is 5.79. The van der Waals surface area contributed by atoms with E-state index in [0.717, 1.165) is 24.5 Å². The fourth-order valence-corrected chi connectivity index (χ4v) is 2.28. The molecule has 0 aliphatic carbocycles. The normalized spacial score (nSPS) is 10.4. The molecule has 0 radical (unpaired) electrons. The third-order valence-corrected chi connectivity index (χ3v) is 3.53. The number of benzene rings is 2. The molecule has 3 aromatic rings. The lowest BCUT2D eigenvalue weighted by Crippen LogP contribution is -2.13. The highest BCUT2D eigenvalue weighted by atomic mass is 16.5. The lowest BCUT2D eigenvalue weighted by Gasteiger charge is -2.08. The second-order valence-electron chi connectivity index (χ2n) is 5.34. The van der Waals surface area contributed by atoms with Gasteiger partial charge in [0.25, 0.3) is 0 Å². The van der Waals surface area contributed by atoms with E-state index in [-0.39, 0.29) is 0 Å². The van der Waals surface area contributed by atoms with Gasteiger partial charge in [0.2, 0.25) is 0 Å². The van der Waals surface area contributed by atoms with Crippen LogP contribution in [0.25, 0.3) is 0 Å². The lowest BCUT2D eigenvalue weighted by molar-refractivity contribution is 0.306. The van der Waals surface area contributed by atoms with E-state index in [4.69, 9.17) is 4.74 Å². The number of hydrogen-bond donors (Lipinski definition) is 1. The Balaban J connectivity index is 1.45. The summed E-state index contributed by atoms with van der Waals surface area (Å²) in [6, 6.07) is 24.3. The van der Waals surface area contributed by atoms with Gasteiger partial charge in [0.1, 0.15) is 12.4 Å². The first-order valence-corrected chi connectivity index (χ1v) is 7.76. The maximum Gasteiger partial charge on any atom is 0.119 e. The summed E-state index contributed by atoms with van der Waals surface area (Å²) in [6.45, 7) is 2.18. The molecule has 0 saturated heterocycles. The molecule has 116 valence electrons. The first-order valence-electron chi connectivity index (χ1n) is 7.76. The van der Waals surface area contributed by atoms with Gasteiger partial charge in [-0.05, 0) is 35.4 Å². The molecule has 3 nitrogen and oxygen atoms in total. The van der Waals surface area contributed by atoms with Crippen molar-refractivity contribution in [2.75, 3.05) is 0 Å². The molecule has 1 aromatic heterocycles. The summed E-state index contributed by atoms with van der Waals surface area (Å²) in [5.41, 5.74) is 3.46. The van der Waals surface area contributed by atoms with E-state index in [2.05, 4.69) is 34.6 Å². The van der Waals surface area contributed by atoms with Crippen molar-refractivity contribution in [1.82, 2.24) is 10.3 Å². The second kappa shape index (κ2) is 8.11. The first-order chi connectivity index (χ1) is 11.4. The molecule has 0 atom stereocenters.